The van der Waals surface area contributed by atoms with Crippen molar-refractivity contribution in [2.75, 3.05) is 11.1 Å². The number of halogens is 3. The molecule has 168 valence electrons. The molecular formula is C23H22F3N3O2S. The number of fused-ring (bicyclic) bond motifs is 1. The Hall–Kier alpha value is -2.81. The van der Waals surface area contributed by atoms with Crippen molar-refractivity contribution in [2.24, 2.45) is 0 Å². The summed E-state index contributed by atoms with van der Waals surface area (Å²) in [6.07, 6.45) is 0.303. The molecule has 1 fully saturated rings. The molecule has 3 aromatic rings. The van der Waals surface area contributed by atoms with E-state index in [0.717, 1.165) is 49.9 Å². The molecule has 0 bridgehead atoms. The highest BCUT2D eigenvalue weighted by atomic mass is 32.2. The second-order valence-electron chi connectivity index (χ2n) is 7.76. The monoisotopic (exact) mass is 461 g/mol. The van der Waals surface area contributed by atoms with Crippen LogP contribution in [-0.2, 0) is 11.0 Å². The molecule has 1 heterocycles. The number of anilines is 1. The minimum atomic E-state index is -4.57. The SMILES string of the molecule is O=C(CSc1nc2ccccc2c(=O)n1C1CCCCC1)Nc1ccccc1C(F)(F)F. The number of carbonyl (C=O) groups is 1. The number of para-hydroxylation sites is 2. The third kappa shape index (κ3) is 4.82. The fourth-order valence-electron chi connectivity index (χ4n) is 4.04. The van der Waals surface area contributed by atoms with Gasteiger partial charge in [-0.2, -0.15) is 13.2 Å². The third-order valence-corrected chi connectivity index (χ3v) is 6.51. The molecule has 1 saturated carbocycles. The van der Waals surface area contributed by atoms with Crippen LogP contribution in [0.4, 0.5) is 18.9 Å². The number of nitrogens with zero attached hydrogens (tertiary/aromatic N) is 2. The number of rotatable bonds is 5. The molecule has 32 heavy (non-hydrogen) atoms. The van der Waals surface area contributed by atoms with Crippen LogP contribution in [0.15, 0.2) is 58.5 Å². The number of aromatic nitrogens is 2. The van der Waals surface area contributed by atoms with Gasteiger partial charge in [-0.1, -0.05) is 55.3 Å². The summed E-state index contributed by atoms with van der Waals surface area (Å²) in [5.41, 5.74) is -0.800. The molecule has 0 saturated heterocycles. The molecule has 1 N–H and O–H groups in total. The first-order chi connectivity index (χ1) is 15.3. The Kier molecular flexibility index (Phi) is 6.55. The van der Waals surface area contributed by atoms with Crippen LogP contribution in [0.2, 0.25) is 0 Å². The van der Waals surface area contributed by atoms with Crippen molar-refractivity contribution in [1.82, 2.24) is 9.55 Å². The molecule has 1 aromatic heterocycles. The zero-order chi connectivity index (χ0) is 22.7. The van der Waals surface area contributed by atoms with Crippen LogP contribution in [0.25, 0.3) is 10.9 Å². The van der Waals surface area contributed by atoms with E-state index in [2.05, 4.69) is 10.3 Å². The average Bonchev–Trinajstić information content (AvgIpc) is 2.78. The molecule has 1 aliphatic carbocycles. The van der Waals surface area contributed by atoms with Gasteiger partial charge in [0, 0.05) is 6.04 Å². The van der Waals surface area contributed by atoms with Gasteiger partial charge in [-0.3, -0.25) is 14.2 Å². The van der Waals surface area contributed by atoms with E-state index in [4.69, 9.17) is 0 Å². The van der Waals surface area contributed by atoms with Gasteiger partial charge in [0.25, 0.3) is 5.56 Å². The fraction of sp³-hybridized carbons (Fsp3) is 0.348. The Morgan fingerprint density at radius 3 is 2.50 bits per heavy atom. The molecular weight excluding hydrogens is 439 g/mol. The van der Waals surface area contributed by atoms with Crippen LogP contribution in [0.3, 0.4) is 0 Å². The number of amides is 1. The Labute approximate surface area is 187 Å². The number of alkyl halides is 3. The van der Waals surface area contributed by atoms with E-state index >= 15 is 0 Å². The van der Waals surface area contributed by atoms with Gasteiger partial charge in [0.15, 0.2) is 5.16 Å². The lowest BCUT2D eigenvalue weighted by molar-refractivity contribution is -0.137. The Morgan fingerprint density at radius 2 is 1.75 bits per heavy atom. The number of carbonyl (C=O) groups excluding carboxylic acids is 1. The lowest BCUT2D eigenvalue weighted by Crippen LogP contribution is -2.29. The molecule has 0 aliphatic heterocycles. The number of hydrogen-bond donors (Lipinski definition) is 1. The van der Waals surface area contributed by atoms with Crippen molar-refractivity contribution in [3.63, 3.8) is 0 Å². The number of thioether (sulfide) groups is 1. The quantitative estimate of drug-likeness (QED) is 0.394. The maximum atomic E-state index is 13.2. The molecule has 1 aliphatic rings. The van der Waals surface area contributed by atoms with Crippen molar-refractivity contribution in [3.8, 4) is 0 Å². The van der Waals surface area contributed by atoms with Gasteiger partial charge in [0.05, 0.1) is 27.9 Å². The zero-order valence-corrected chi connectivity index (χ0v) is 18.0. The average molecular weight is 462 g/mol. The summed E-state index contributed by atoms with van der Waals surface area (Å²) in [5.74, 6) is -0.756. The van der Waals surface area contributed by atoms with Crippen LogP contribution in [0.5, 0.6) is 0 Å². The van der Waals surface area contributed by atoms with Gasteiger partial charge < -0.3 is 5.32 Å². The zero-order valence-electron chi connectivity index (χ0n) is 17.2. The first-order valence-corrected chi connectivity index (χ1v) is 11.4. The highest BCUT2D eigenvalue weighted by molar-refractivity contribution is 7.99. The molecule has 9 heteroatoms. The van der Waals surface area contributed by atoms with E-state index in [9.17, 15) is 22.8 Å². The molecule has 0 spiro atoms. The summed E-state index contributed by atoms with van der Waals surface area (Å²) in [5, 5.41) is 3.28. The summed E-state index contributed by atoms with van der Waals surface area (Å²) in [4.78, 5) is 30.3. The second-order valence-corrected chi connectivity index (χ2v) is 8.70. The smallest absolute Gasteiger partial charge is 0.325 e. The first kappa shape index (κ1) is 22.4. The number of benzene rings is 2. The molecule has 0 atom stereocenters. The Morgan fingerprint density at radius 1 is 1.06 bits per heavy atom. The van der Waals surface area contributed by atoms with E-state index < -0.39 is 17.6 Å². The van der Waals surface area contributed by atoms with E-state index in [0.29, 0.717) is 16.1 Å². The van der Waals surface area contributed by atoms with Crippen LogP contribution < -0.4 is 10.9 Å². The molecule has 2 aromatic carbocycles. The van der Waals surface area contributed by atoms with E-state index in [1.165, 1.54) is 18.2 Å². The highest BCUT2D eigenvalue weighted by Crippen LogP contribution is 2.35. The highest BCUT2D eigenvalue weighted by Gasteiger charge is 2.33. The molecule has 0 unspecified atom stereocenters. The molecule has 1 amide bonds. The minimum absolute atomic E-state index is 0.00451. The van der Waals surface area contributed by atoms with E-state index in [1.54, 1.807) is 28.8 Å². The fourth-order valence-corrected chi connectivity index (χ4v) is 4.91. The summed E-state index contributed by atoms with van der Waals surface area (Å²) in [6, 6.07) is 11.9. The van der Waals surface area contributed by atoms with Crippen molar-refractivity contribution in [2.45, 2.75) is 49.5 Å². The van der Waals surface area contributed by atoms with E-state index in [-0.39, 0.29) is 23.0 Å². The van der Waals surface area contributed by atoms with Gasteiger partial charge >= 0.3 is 6.18 Å². The van der Waals surface area contributed by atoms with Crippen molar-refractivity contribution in [1.29, 1.82) is 0 Å². The third-order valence-electron chi connectivity index (χ3n) is 5.55. The molecule has 5 nitrogen and oxygen atoms in total. The van der Waals surface area contributed by atoms with Gasteiger partial charge in [-0.15, -0.1) is 0 Å². The summed E-state index contributed by atoms with van der Waals surface area (Å²) < 4.78 is 41.3. The van der Waals surface area contributed by atoms with Gasteiger partial charge in [-0.25, -0.2) is 4.98 Å². The maximum absolute atomic E-state index is 13.2. The minimum Gasteiger partial charge on any atom is -0.325 e. The normalized spacial score (nSPS) is 15.1. The summed E-state index contributed by atoms with van der Waals surface area (Å²) in [7, 11) is 0. The lowest BCUT2D eigenvalue weighted by Gasteiger charge is -2.26. The van der Waals surface area contributed by atoms with Gasteiger partial charge in [0.2, 0.25) is 5.91 Å². The van der Waals surface area contributed by atoms with Crippen LogP contribution in [-0.4, -0.2) is 21.2 Å². The molecule has 0 radical (unpaired) electrons. The van der Waals surface area contributed by atoms with Gasteiger partial charge in [0.1, 0.15) is 0 Å². The summed E-state index contributed by atoms with van der Waals surface area (Å²) in [6.45, 7) is 0. The van der Waals surface area contributed by atoms with Crippen LogP contribution in [0.1, 0.15) is 43.7 Å². The van der Waals surface area contributed by atoms with Crippen LogP contribution in [0, 0.1) is 0 Å². The predicted molar refractivity (Wildman–Crippen MR) is 119 cm³/mol. The summed E-state index contributed by atoms with van der Waals surface area (Å²) >= 11 is 1.07. The van der Waals surface area contributed by atoms with Crippen molar-refractivity contribution < 1.29 is 18.0 Å². The van der Waals surface area contributed by atoms with Crippen molar-refractivity contribution in [3.05, 3.63) is 64.4 Å². The Balaban J connectivity index is 1.59. The molecule has 4 rings (SSSR count). The van der Waals surface area contributed by atoms with E-state index in [1.807, 2.05) is 0 Å². The Bertz CT molecular complexity index is 1190. The predicted octanol–water partition coefficient (Wildman–Crippen LogP) is 5.65. The topological polar surface area (TPSA) is 64.0 Å². The largest absolute Gasteiger partial charge is 0.418 e. The number of nitrogens with one attached hydrogen (secondary N) is 1. The van der Waals surface area contributed by atoms with Gasteiger partial charge in [-0.05, 0) is 37.1 Å². The number of hydrogen-bond acceptors (Lipinski definition) is 4. The standard InChI is InChI=1S/C23H22F3N3O2S/c24-23(25,26)17-11-5-7-13-19(17)27-20(30)14-32-22-28-18-12-6-4-10-16(18)21(31)29(22)15-8-2-1-3-9-15/h4-7,10-13,15H,1-3,8-9,14H2,(H,27,30). The van der Waals surface area contributed by atoms with Crippen LogP contribution >= 0.6 is 11.8 Å². The van der Waals surface area contributed by atoms with Crippen molar-refractivity contribution >= 4 is 34.3 Å². The maximum Gasteiger partial charge on any atom is 0.418 e. The first-order valence-electron chi connectivity index (χ1n) is 10.4. The lowest BCUT2D eigenvalue weighted by atomic mass is 9.95. The second kappa shape index (κ2) is 9.36.